The lowest BCUT2D eigenvalue weighted by Crippen LogP contribution is -2.18. The van der Waals surface area contributed by atoms with E-state index in [2.05, 4.69) is 15.6 Å². The molecule has 0 radical (unpaired) electrons. The molecule has 114 valence electrons. The summed E-state index contributed by atoms with van der Waals surface area (Å²) in [6.07, 6.45) is 0. The fourth-order valence-electron chi connectivity index (χ4n) is 2.30. The molecular formula is C16H11FN4OS. The van der Waals surface area contributed by atoms with E-state index in [1.165, 1.54) is 23.9 Å². The lowest BCUT2D eigenvalue weighted by molar-refractivity contribution is 0.476. The molecule has 0 spiro atoms. The van der Waals surface area contributed by atoms with Crippen LogP contribution in [0.3, 0.4) is 0 Å². The highest BCUT2D eigenvalue weighted by Crippen LogP contribution is 2.33. The molecule has 2 aromatic carbocycles. The lowest BCUT2D eigenvalue weighted by Gasteiger charge is -2.19. The van der Waals surface area contributed by atoms with E-state index in [9.17, 15) is 9.50 Å². The Morgan fingerprint density at radius 1 is 1.04 bits per heavy atom. The molecule has 5 nitrogen and oxygen atoms in total. The molecule has 0 aliphatic carbocycles. The molecule has 0 saturated heterocycles. The third-order valence-corrected chi connectivity index (χ3v) is 4.28. The van der Waals surface area contributed by atoms with Gasteiger partial charge in [0, 0.05) is 11.0 Å². The van der Waals surface area contributed by atoms with Gasteiger partial charge in [0.15, 0.2) is 5.82 Å². The maximum atomic E-state index is 13.1. The van der Waals surface area contributed by atoms with Gasteiger partial charge in [-0.15, -0.1) is 10.2 Å². The number of phenolic OH excluding ortho intramolecular Hbond substituents is 1. The molecule has 3 aromatic rings. The smallest absolute Gasteiger partial charge is 0.214 e. The molecule has 0 saturated carbocycles. The van der Waals surface area contributed by atoms with Crippen molar-refractivity contribution in [1.82, 2.24) is 14.9 Å². The van der Waals surface area contributed by atoms with Crippen LogP contribution < -0.4 is 5.43 Å². The maximum absolute atomic E-state index is 13.1. The van der Waals surface area contributed by atoms with Crippen molar-refractivity contribution in [3.05, 3.63) is 65.3 Å². The summed E-state index contributed by atoms with van der Waals surface area (Å²) in [5.74, 6) is 0.364. The first-order chi connectivity index (χ1) is 11.2. The number of aromatic hydroxyl groups is 1. The Labute approximate surface area is 135 Å². The van der Waals surface area contributed by atoms with Crippen LogP contribution in [0.4, 0.5) is 4.39 Å². The van der Waals surface area contributed by atoms with Gasteiger partial charge in [-0.2, -0.15) is 0 Å². The molecule has 1 aliphatic heterocycles. The number of aromatic nitrogens is 3. The Kier molecular flexibility index (Phi) is 3.27. The van der Waals surface area contributed by atoms with Crippen LogP contribution in [0.25, 0.3) is 17.1 Å². The quantitative estimate of drug-likeness (QED) is 0.755. The van der Waals surface area contributed by atoms with Gasteiger partial charge in [0.25, 0.3) is 0 Å². The Bertz CT molecular complexity index is 905. The number of halogens is 1. The van der Waals surface area contributed by atoms with Gasteiger partial charge in [0.05, 0.1) is 11.3 Å². The first-order valence-electron chi connectivity index (χ1n) is 6.86. The van der Waals surface area contributed by atoms with E-state index in [-0.39, 0.29) is 11.6 Å². The average molecular weight is 326 g/mol. The van der Waals surface area contributed by atoms with Crippen molar-refractivity contribution in [3.8, 4) is 17.1 Å². The third-order valence-electron chi connectivity index (χ3n) is 3.45. The summed E-state index contributed by atoms with van der Waals surface area (Å²) >= 11 is 1.41. The van der Waals surface area contributed by atoms with Gasteiger partial charge in [0.2, 0.25) is 5.16 Å². The van der Waals surface area contributed by atoms with E-state index < -0.39 is 0 Å². The monoisotopic (exact) mass is 326 g/mol. The number of nitrogens with one attached hydrogen (secondary N) is 1. The largest absolute Gasteiger partial charge is 0.507 e. The van der Waals surface area contributed by atoms with Crippen molar-refractivity contribution in [2.24, 2.45) is 0 Å². The molecule has 2 N–H and O–H groups in total. The van der Waals surface area contributed by atoms with Gasteiger partial charge in [-0.25, -0.2) is 9.07 Å². The normalized spacial score (nSPS) is 13.2. The van der Waals surface area contributed by atoms with Crippen LogP contribution in [0.5, 0.6) is 5.75 Å². The molecule has 23 heavy (non-hydrogen) atoms. The van der Waals surface area contributed by atoms with Crippen molar-refractivity contribution in [3.63, 3.8) is 0 Å². The van der Waals surface area contributed by atoms with E-state index in [4.69, 9.17) is 0 Å². The number of hydrogen-bond acceptors (Lipinski definition) is 5. The van der Waals surface area contributed by atoms with Crippen LogP contribution in [0.15, 0.2) is 59.1 Å². The Balaban J connectivity index is 1.73. The molecule has 0 fully saturated rings. The van der Waals surface area contributed by atoms with Crippen LogP contribution in [-0.2, 0) is 0 Å². The summed E-state index contributed by atoms with van der Waals surface area (Å²) < 4.78 is 14.8. The number of rotatable bonds is 2. The molecule has 0 unspecified atom stereocenters. The number of fused-ring (bicyclic) bond motifs is 1. The lowest BCUT2D eigenvalue weighted by atomic mass is 10.2. The van der Waals surface area contributed by atoms with Crippen LogP contribution in [0.1, 0.15) is 5.56 Å². The highest BCUT2D eigenvalue weighted by atomic mass is 32.2. The molecule has 4 rings (SSSR count). The van der Waals surface area contributed by atoms with E-state index in [1.807, 2.05) is 11.5 Å². The third kappa shape index (κ3) is 2.44. The first-order valence-corrected chi connectivity index (χ1v) is 7.74. The van der Waals surface area contributed by atoms with Gasteiger partial charge < -0.3 is 5.11 Å². The van der Waals surface area contributed by atoms with Crippen LogP contribution in [0.2, 0.25) is 0 Å². The second-order valence-corrected chi connectivity index (χ2v) is 5.76. The zero-order valence-corrected chi connectivity index (χ0v) is 12.6. The summed E-state index contributed by atoms with van der Waals surface area (Å²) in [6.45, 7) is 0. The predicted octanol–water partition coefficient (Wildman–Crippen LogP) is 3.44. The maximum Gasteiger partial charge on any atom is 0.214 e. The summed E-state index contributed by atoms with van der Waals surface area (Å²) in [4.78, 5) is 0. The van der Waals surface area contributed by atoms with Crippen molar-refractivity contribution in [2.45, 2.75) is 5.16 Å². The van der Waals surface area contributed by atoms with Gasteiger partial charge >= 0.3 is 0 Å². The Morgan fingerprint density at radius 2 is 1.83 bits per heavy atom. The number of hydrogen-bond donors (Lipinski definition) is 2. The topological polar surface area (TPSA) is 63.0 Å². The van der Waals surface area contributed by atoms with Crippen molar-refractivity contribution >= 4 is 17.5 Å². The van der Waals surface area contributed by atoms with Gasteiger partial charge in [0.1, 0.15) is 11.6 Å². The molecule has 7 heteroatoms. The van der Waals surface area contributed by atoms with Crippen molar-refractivity contribution in [1.29, 1.82) is 0 Å². The number of phenols is 1. The minimum atomic E-state index is -0.280. The zero-order chi connectivity index (χ0) is 15.8. The van der Waals surface area contributed by atoms with Crippen LogP contribution in [-0.4, -0.2) is 20.0 Å². The second kappa shape index (κ2) is 5.44. The molecular weight excluding hydrogens is 315 g/mol. The zero-order valence-electron chi connectivity index (χ0n) is 11.8. The van der Waals surface area contributed by atoms with E-state index in [0.717, 1.165) is 11.3 Å². The van der Waals surface area contributed by atoms with E-state index >= 15 is 0 Å². The Morgan fingerprint density at radius 3 is 2.61 bits per heavy atom. The summed E-state index contributed by atoms with van der Waals surface area (Å²) in [5.41, 5.74) is 5.44. The summed E-state index contributed by atoms with van der Waals surface area (Å²) in [7, 11) is 0. The molecule has 0 bridgehead atoms. The minimum absolute atomic E-state index is 0.132. The molecule has 0 atom stereocenters. The standard InChI is InChI=1S/C16H11FN4OS/c17-11-7-5-10(6-8-11)13-9-23-16-19-18-15(21(16)20-13)12-3-1-2-4-14(12)22/h1-9,20,22H. The number of para-hydroxylation sites is 1. The number of thioether (sulfide) groups is 1. The van der Waals surface area contributed by atoms with Crippen molar-refractivity contribution in [2.75, 3.05) is 5.43 Å². The van der Waals surface area contributed by atoms with E-state index in [0.29, 0.717) is 16.5 Å². The van der Waals surface area contributed by atoms with Gasteiger partial charge in [-0.3, -0.25) is 5.43 Å². The average Bonchev–Trinajstić information content (AvgIpc) is 2.99. The second-order valence-electron chi connectivity index (χ2n) is 4.93. The van der Waals surface area contributed by atoms with E-state index in [1.54, 1.807) is 35.0 Å². The van der Waals surface area contributed by atoms with Crippen LogP contribution in [0, 0.1) is 5.82 Å². The number of nitrogens with zero attached hydrogens (tertiary/aromatic N) is 3. The molecule has 1 aromatic heterocycles. The fourth-order valence-corrected chi connectivity index (χ4v) is 3.04. The van der Waals surface area contributed by atoms with Gasteiger partial charge in [-0.1, -0.05) is 23.9 Å². The minimum Gasteiger partial charge on any atom is -0.507 e. The summed E-state index contributed by atoms with van der Waals surface area (Å²) in [5, 5.41) is 20.8. The van der Waals surface area contributed by atoms with Crippen molar-refractivity contribution < 1.29 is 9.50 Å². The predicted molar refractivity (Wildman–Crippen MR) is 86.7 cm³/mol. The van der Waals surface area contributed by atoms with Gasteiger partial charge in [-0.05, 0) is 36.4 Å². The molecule has 1 aliphatic rings. The highest BCUT2D eigenvalue weighted by molar-refractivity contribution is 8.02. The fraction of sp³-hybridized carbons (Fsp3) is 0. The summed E-state index contributed by atoms with van der Waals surface area (Å²) in [6, 6.07) is 13.2. The number of benzene rings is 2. The molecule has 2 heterocycles. The van der Waals surface area contributed by atoms with Crippen LogP contribution >= 0.6 is 11.8 Å². The SMILES string of the molecule is Oc1ccccc1-c1nnc2n1NC(c1ccc(F)cc1)=CS2. The molecule has 0 amide bonds. The first kappa shape index (κ1) is 13.8. The Hall–Kier alpha value is -2.80. The highest BCUT2D eigenvalue weighted by Gasteiger charge is 2.21.